The van der Waals surface area contributed by atoms with Crippen molar-refractivity contribution in [2.45, 2.75) is 13.3 Å². The Bertz CT molecular complexity index is 1060. The number of hydrogen-bond acceptors (Lipinski definition) is 6. The van der Waals surface area contributed by atoms with Crippen molar-refractivity contribution in [3.05, 3.63) is 58.6 Å². The zero-order valence-corrected chi connectivity index (χ0v) is 18.3. The monoisotopic (exact) mass is 459 g/mol. The number of esters is 1. The summed E-state index contributed by atoms with van der Waals surface area (Å²) in [6.07, 6.45) is -0.128. The lowest BCUT2D eigenvalue weighted by Crippen LogP contribution is -2.43. The van der Waals surface area contributed by atoms with Crippen LogP contribution in [0.25, 0.3) is 0 Å². The van der Waals surface area contributed by atoms with Gasteiger partial charge in [-0.2, -0.15) is 0 Å². The van der Waals surface area contributed by atoms with Crippen LogP contribution in [0.2, 0.25) is 5.02 Å². The van der Waals surface area contributed by atoms with Gasteiger partial charge in [0.1, 0.15) is 5.75 Å². The van der Waals surface area contributed by atoms with Crippen LogP contribution in [0, 0.1) is 12.8 Å². The van der Waals surface area contributed by atoms with Gasteiger partial charge in [-0.25, -0.2) is 0 Å². The minimum atomic E-state index is -0.797. The minimum Gasteiger partial charge on any atom is -0.495 e. The van der Waals surface area contributed by atoms with E-state index in [-0.39, 0.29) is 13.0 Å². The van der Waals surface area contributed by atoms with E-state index in [1.165, 1.54) is 13.2 Å². The molecule has 0 bridgehead atoms. The molecule has 0 saturated carbocycles. The number of halogens is 1. The Kier molecular flexibility index (Phi) is 7.32. The third-order valence-corrected chi connectivity index (χ3v) is 4.99. The predicted octanol–water partition coefficient (Wildman–Crippen LogP) is 2.33. The molecule has 0 unspecified atom stereocenters. The quantitative estimate of drug-likeness (QED) is 0.614. The van der Waals surface area contributed by atoms with Gasteiger partial charge in [-0.05, 0) is 37.3 Å². The zero-order valence-electron chi connectivity index (χ0n) is 17.5. The number of aryl methyl sites for hydroxylation is 1. The lowest BCUT2D eigenvalue weighted by molar-refractivity contribution is -0.151. The normalized spacial score (nSPS) is 15.3. The van der Waals surface area contributed by atoms with Crippen molar-refractivity contribution in [1.29, 1.82) is 0 Å². The van der Waals surface area contributed by atoms with Crippen molar-refractivity contribution in [3.8, 4) is 5.75 Å². The number of carbonyl (C=O) groups is 4. The third-order valence-electron chi connectivity index (χ3n) is 4.76. The molecule has 1 aliphatic heterocycles. The summed E-state index contributed by atoms with van der Waals surface area (Å²) in [5, 5.41) is 4.04. The second kappa shape index (κ2) is 10.1. The maximum absolute atomic E-state index is 12.3. The highest BCUT2D eigenvalue weighted by Gasteiger charge is 2.36. The first-order chi connectivity index (χ1) is 15.3. The molecule has 1 fully saturated rings. The molecule has 1 aliphatic rings. The van der Waals surface area contributed by atoms with Crippen LogP contribution in [0.3, 0.4) is 0 Å². The first-order valence-electron chi connectivity index (χ1n) is 9.75. The van der Waals surface area contributed by atoms with E-state index in [0.717, 1.165) is 10.6 Å². The molecule has 9 nitrogen and oxygen atoms in total. The minimum absolute atomic E-state index is 0.0427. The Morgan fingerprint density at radius 3 is 2.69 bits per heavy atom. The second-order valence-corrected chi connectivity index (χ2v) is 7.65. The summed E-state index contributed by atoms with van der Waals surface area (Å²) in [6, 6.07) is 11.6. The second-order valence-electron chi connectivity index (χ2n) is 7.22. The summed E-state index contributed by atoms with van der Waals surface area (Å²) >= 11 is 5.92. The van der Waals surface area contributed by atoms with Crippen LogP contribution in [-0.4, -0.2) is 49.0 Å². The molecular formula is C22H22ClN3O6. The van der Waals surface area contributed by atoms with Crippen LogP contribution >= 0.6 is 11.6 Å². The van der Waals surface area contributed by atoms with Crippen LogP contribution in [-0.2, 0) is 19.1 Å². The number of methoxy groups -OCH3 is 1. The Hall–Kier alpha value is -3.59. The molecule has 0 spiro atoms. The largest absolute Gasteiger partial charge is 0.495 e. The zero-order chi connectivity index (χ0) is 23.3. The predicted molar refractivity (Wildman–Crippen MR) is 116 cm³/mol. The summed E-state index contributed by atoms with van der Waals surface area (Å²) in [5.74, 6) is -2.57. The number of nitrogens with one attached hydrogen (secondary N) is 2. The third kappa shape index (κ3) is 5.76. The van der Waals surface area contributed by atoms with Crippen LogP contribution in [0.15, 0.2) is 42.5 Å². The number of rotatable bonds is 7. The van der Waals surface area contributed by atoms with Crippen molar-refractivity contribution in [2.24, 2.45) is 5.92 Å². The average Bonchev–Trinajstić information content (AvgIpc) is 3.12. The van der Waals surface area contributed by atoms with E-state index < -0.39 is 36.2 Å². The topological polar surface area (TPSA) is 114 Å². The van der Waals surface area contributed by atoms with Crippen LogP contribution in [0.1, 0.15) is 22.3 Å². The van der Waals surface area contributed by atoms with Crippen molar-refractivity contribution in [1.82, 2.24) is 10.4 Å². The number of anilines is 1. The molecule has 2 N–H and O–H groups in total. The molecule has 1 heterocycles. The first-order valence-corrected chi connectivity index (χ1v) is 10.1. The summed E-state index contributed by atoms with van der Waals surface area (Å²) in [7, 11) is 1.44. The van der Waals surface area contributed by atoms with Crippen molar-refractivity contribution >= 4 is 41.0 Å². The first kappa shape index (κ1) is 23.1. The van der Waals surface area contributed by atoms with E-state index in [1.54, 1.807) is 30.3 Å². The number of benzene rings is 2. The molecule has 1 saturated heterocycles. The van der Waals surface area contributed by atoms with Gasteiger partial charge in [0.05, 0.1) is 25.3 Å². The molecule has 2 aromatic rings. The lowest BCUT2D eigenvalue weighted by atomic mass is 10.1. The maximum atomic E-state index is 12.3. The molecule has 0 radical (unpaired) electrons. The Balaban J connectivity index is 1.51. The summed E-state index contributed by atoms with van der Waals surface area (Å²) < 4.78 is 10.2. The van der Waals surface area contributed by atoms with Gasteiger partial charge < -0.3 is 14.8 Å². The molecule has 1 atom stereocenters. The van der Waals surface area contributed by atoms with Crippen molar-refractivity contribution < 1.29 is 28.7 Å². The van der Waals surface area contributed by atoms with E-state index in [4.69, 9.17) is 21.1 Å². The standard InChI is InChI=1S/C22H22ClN3O6/c1-13-4-3-5-14(8-13)21(29)25-26-11-15(9-20(26)28)22(30)32-12-19(27)24-17-10-16(23)6-7-18(17)31-2/h3-8,10,15H,9,11-12H2,1-2H3,(H,24,27)(H,25,29)/t15-/m0/s1. The van der Waals surface area contributed by atoms with Crippen LogP contribution < -0.4 is 15.5 Å². The number of carbonyl (C=O) groups excluding carboxylic acids is 4. The molecule has 10 heteroatoms. The lowest BCUT2D eigenvalue weighted by Gasteiger charge is -2.17. The fourth-order valence-electron chi connectivity index (χ4n) is 3.17. The Morgan fingerprint density at radius 1 is 1.19 bits per heavy atom. The molecule has 3 amide bonds. The molecule has 0 aromatic heterocycles. The van der Waals surface area contributed by atoms with E-state index >= 15 is 0 Å². The van der Waals surface area contributed by atoms with Gasteiger partial charge in [-0.15, -0.1) is 0 Å². The van der Waals surface area contributed by atoms with Crippen molar-refractivity contribution in [3.63, 3.8) is 0 Å². The Labute approximate surface area is 189 Å². The van der Waals surface area contributed by atoms with Gasteiger partial charge in [-0.3, -0.25) is 29.6 Å². The van der Waals surface area contributed by atoms with E-state index in [1.807, 2.05) is 13.0 Å². The van der Waals surface area contributed by atoms with Crippen molar-refractivity contribution in [2.75, 3.05) is 25.6 Å². The highest BCUT2D eigenvalue weighted by Crippen LogP contribution is 2.27. The number of amides is 3. The molecule has 2 aromatic carbocycles. The van der Waals surface area contributed by atoms with Gasteiger partial charge in [-0.1, -0.05) is 29.3 Å². The van der Waals surface area contributed by atoms with Crippen LogP contribution in [0.4, 0.5) is 5.69 Å². The molecule has 0 aliphatic carbocycles. The highest BCUT2D eigenvalue weighted by molar-refractivity contribution is 6.31. The fraction of sp³-hybridized carbons (Fsp3) is 0.273. The SMILES string of the molecule is COc1ccc(Cl)cc1NC(=O)COC(=O)[C@H]1CC(=O)N(NC(=O)c2cccc(C)c2)C1. The van der Waals surface area contributed by atoms with Gasteiger partial charge in [0.25, 0.3) is 11.8 Å². The van der Waals surface area contributed by atoms with Gasteiger partial charge >= 0.3 is 5.97 Å². The Morgan fingerprint density at radius 2 is 1.97 bits per heavy atom. The summed E-state index contributed by atoms with van der Waals surface area (Å²) in [5.41, 5.74) is 4.14. The number of hydrogen-bond donors (Lipinski definition) is 2. The summed E-state index contributed by atoms with van der Waals surface area (Å²) in [6.45, 7) is 1.26. The smallest absolute Gasteiger partial charge is 0.311 e. The van der Waals surface area contributed by atoms with Gasteiger partial charge in [0.2, 0.25) is 5.91 Å². The number of nitrogens with zero attached hydrogens (tertiary/aromatic N) is 1. The van der Waals surface area contributed by atoms with Gasteiger partial charge in [0, 0.05) is 17.0 Å². The molecular weight excluding hydrogens is 438 g/mol. The average molecular weight is 460 g/mol. The maximum Gasteiger partial charge on any atom is 0.311 e. The van der Waals surface area contributed by atoms with Crippen LogP contribution in [0.5, 0.6) is 5.75 Å². The van der Waals surface area contributed by atoms with E-state index in [9.17, 15) is 19.2 Å². The van der Waals surface area contributed by atoms with E-state index in [0.29, 0.717) is 22.0 Å². The van der Waals surface area contributed by atoms with E-state index in [2.05, 4.69) is 10.7 Å². The number of hydrazine groups is 1. The fourth-order valence-corrected chi connectivity index (χ4v) is 3.34. The highest BCUT2D eigenvalue weighted by atomic mass is 35.5. The molecule has 3 rings (SSSR count). The molecule has 32 heavy (non-hydrogen) atoms. The number of ether oxygens (including phenoxy) is 2. The van der Waals surface area contributed by atoms with Gasteiger partial charge in [0.15, 0.2) is 6.61 Å². The summed E-state index contributed by atoms with van der Waals surface area (Å²) in [4.78, 5) is 49.0. The molecule has 168 valence electrons.